The Morgan fingerprint density at radius 3 is 1.56 bits per heavy atom. The molecule has 0 saturated heterocycles. The van der Waals surface area contributed by atoms with Crippen LogP contribution in [-0.2, 0) is 0 Å². The Labute approximate surface area is 89.7 Å². The van der Waals surface area contributed by atoms with E-state index in [2.05, 4.69) is 20.2 Å². The first-order valence-corrected chi connectivity index (χ1v) is 4.37. The van der Waals surface area contributed by atoms with Gasteiger partial charge in [-0.05, 0) is 0 Å². The molecule has 0 spiro atoms. The van der Waals surface area contributed by atoms with E-state index in [0.717, 1.165) is 12.4 Å². The zero-order valence-electron chi connectivity index (χ0n) is 8.01. The average Bonchev–Trinajstić information content (AvgIpc) is 2.27. The van der Waals surface area contributed by atoms with Gasteiger partial charge in [0, 0.05) is 12.1 Å². The first-order chi connectivity index (χ1) is 7.74. The summed E-state index contributed by atoms with van der Waals surface area (Å²) in [7, 11) is 0. The number of azo groups is 1. The second-order valence-electron chi connectivity index (χ2n) is 2.92. The van der Waals surface area contributed by atoms with E-state index in [-0.39, 0.29) is 11.4 Å². The van der Waals surface area contributed by atoms with E-state index in [0.29, 0.717) is 0 Å². The number of aromatic nitrogens is 2. The van der Waals surface area contributed by atoms with E-state index in [1.54, 1.807) is 0 Å². The van der Waals surface area contributed by atoms with Crippen molar-refractivity contribution < 1.29 is 8.78 Å². The summed E-state index contributed by atoms with van der Waals surface area (Å²) >= 11 is 0. The monoisotopic (exact) mass is 220 g/mol. The van der Waals surface area contributed by atoms with Crippen molar-refractivity contribution in [3.8, 4) is 0 Å². The van der Waals surface area contributed by atoms with Crippen molar-refractivity contribution in [2.45, 2.75) is 0 Å². The lowest BCUT2D eigenvalue weighted by atomic mass is 10.4. The summed E-state index contributed by atoms with van der Waals surface area (Å²) in [5.41, 5.74) is 0.508. The molecule has 2 rings (SSSR count). The van der Waals surface area contributed by atoms with Crippen LogP contribution in [0.2, 0.25) is 0 Å². The van der Waals surface area contributed by atoms with Gasteiger partial charge in [0.25, 0.3) is 0 Å². The summed E-state index contributed by atoms with van der Waals surface area (Å²) in [6.45, 7) is 0. The maximum Gasteiger partial charge on any atom is 0.143 e. The topological polar surface area (TPSA) is 50.5 Å². The van der Waals surface area contributed by atoms with Crippen LogP contribution in [0.5, 0.6) is 0 Å². The third-order valence-electron chi connectivity index (χ3n) is 1.66. The lowest BCUT2D eigenvalue weighted by Crippen LogP contribution is -1.76. The van der Waals surface area contributed by atoms with Gasteiger partial charge in [-0.2, -0.15) is 0 Å². The molecular weight excluding hydrogens is 214 g/mol. The summed E-state index contributed by atoms with van der Waals surface area (Å²) in [5, 5.41) is 7.39. The van der Waals surface area contributed by atoms with Crippen LogP contribution >= 0.6 is 0 Å². The Bertz CT molecular complexity index is 480. The molecule has 2 aromatic rings. The zero-order valence-corrected chi connectivity index (χ0v) is 8.01. The van der Waals surface area contributed by atoms with Gasteiger partial charge in [-0.3, -0.25) is 9.97 Å². The Morgan fingerprint density at radius 1 is 0.750 bits per heavy atom. The molecule has 0 aromatic carbocycles. The van der Waals surface area contributed by atoms with Crippen LogP contribution in [0.15, 0.2) is 47.1 Å². The highest BCUT2D eigenvalue weighted by Gasteiger charge is 1.95. The molecule has 0 atom stereocenters. The van der Waals surface area contributed by atoms with Crippen molar-refractivity contribution in [3.05, 3.63) is 48.6 Å². The minimum Gasteiger partial charge on any atom is -0.259 e. The standard InChI is InChI=1S/C10H6F2N4/c11-7-1-9(5-13-3-7)15-16-10-2-8(12)4-14-6-10/h1-6H. The van der Waals surface area contributed by atoms with Crippen LogP contribution in [0.25, 0.3) is 0 Å². The van der Waals surface area contributed by atoms with E-state index >= 15 is 0 Å². The molecule has 2 aromatic heterocycles. The van der Waals surface area contributed by atoms with Crippen molar-refractivity contribution >= 4 is 11.4 Å². The van der Waals surface area contributed by atoms with E-state index in [9.17, 15) is 8.78 Å². The smallest absolute Gasteiger partial charge is 0.143 e. The molecular formula is C10H6F2N4. The van der Waals surface area contributed by atoms with Gasteiger partial charge in [-0.15, -0.1) is 10.2 Å². The molecule has 0 aliphatic rings. The summed E-state index contributed by atoms with van der Waals surface area (Å²) < 4.78 is 25.4. The fourth-order valence-corrected chi connectivity index (χ4v) is 1.03. The lowest BCUT2D eigenvalue weighted by Gasteiger charge is -1.92. The van der Waals surface area contributed by atoms with Crippen molar-refractivity contribution in [2.24, 2.45) is 10.2 Å². The van der Waals surface area contributed by atoms with Gasteiger partial charge in [0.05, 0.1) is 24.8 Å². The zero-order chi connectivity index (χ0) is 11.4. The molecule has 80 valence electrons. The number of rotatable bonds is 2. The maximum atomic E-state index is 12.7. The minimum atomic E-state index is -0.506. The Morgan fingerprint density at radius 2 is 1.19 bits per heavy atom. The number of halogens is 2. The van der Waals surface area contributed by atoms with Crippen LogP contribution in [0.3, 0.4) is 0 Å². The van der Waals surface area contributed by atoms with E-state index in [1.165, 1.54) is 24.5 Å². The molecule has 0 bridgehead atoms. The Kier molecular flexibility index (Phi) is 2.90. The molecule has 0 N–H and O–H groups in total. The Hall–Kier alpha value is -2.24. The molecule has 0 fully saturated rings. The van der Waals surface area contributed by atoms with Crippen LogP contribution in [0, 0.1) is 11.6 Å². The van der Waals surface area contributed by atoms with Crippen molar-refractivity contribution in [1.29, 1.82) is 0 Å². The van der Waals surface area contributed by atoms with Gasteiger partial charge >= 0.3 is 0 Å². The predicted molar refractivity (Wildman–Crippen MR) is 52.6 cm³/mol. The quantitative estimate of drug-likeness (QED) is 0.730. The molecule has 0 saturated carbocycles. The molecule has 0 unspecified atom stereocenters. The number of hydrogen-bond donors (Lipinski definition) is 0. The highest BCUT2D eigenvalue weighted by atomic mass is 19.1. The minimum absolute atomic E-state index is 0.254. The van der Waals surface area contributed by atoms with Crippen molar-refractivity contribution in [2.75, 3.05) is 0 Å². The number of hydrogen-bond acceptors (Lipinski definition) is 4. The van der Waals surface area contributed by atoms with Crippen LogP contribution in [0.1, 0.15) is 0 Å². The van der Waals surface area contributed by atoms with Crippen LogP contribution < -0.4 is 0 Å². The van der Waals surface area contributed by atoms with Crippen molar-refractivity contribution in [1.82, 2.24) is 9.97 Å². The second kappa shape index (κ2) is 4.52. The first kappa shape index (κ1) is 10.3. The van der Waals surface area contributed by atoms with Gasteiger partial charge in [0.2, 0.25) is 0 Å². The summed E-state index contributed by atoms with van der Waals surface area (Å²) in [5.74, 6) is -1.01. The lowest BCUT2D eigenvalue weighted by molar-refractivity contribution is 0.620. The van der Waals surface area contributed by atoms with E-state index in [1.807, 2.05) is 0 Å². The summed E-state index contributed by atoms with van der Waals surface area (Å²) in [4.78, 5) is 7.19. The fourth-order valence-electron chi connectivity index (χ4n) is 1.03. The fraction of sp³-hybridized carbons (Fsp3) is 0. The third kappa shape index (κ3) is 2.63. The maximum absolute atomic E-state index is 12.7. The first-order valence-electron chi connectivity index (χ1n) is 4.37. The molecule has 4 nitrogen and oxygen atoms in total. The molecule has 16 heavy (non-hydrogen) atoms. The van der Waals surface area contributed by atoms with Crippen LogP contribution in [-0.4, -0.2) is 9.97 Å². The average molecular weight is 220 g/mol. The number of pyridine rings is 2. The molecule has 0 radical (unpaired) electrons. The van der Waals surface area contributed by atoms with E-state index in [4.69, 9.17) is 0 Å². The largest absolute Gasteiger partial charge is 0.259 e. The molecule has 0 amide bonds. The number of nitrogens with zero attached hydrogens (tertiary/aromatic N) is 4. The normalized spacial score (nSPS) is 10.9. The third-order valence-corrected chi connectivity index (χ3v) is 1.66. The van der Waals surface area contributed by atoms with Crippen LogP contribution in [0.4, 0.5) is 20.2 Å². The van der Waals surface area contributed by atoms with Gasteiger partial charge in [-0.25, -0.2) is 8.78 Å². The van der Waals surface area contributed by atoms with Gasteiger partial charge in [0.1, 0.15) is 23.0 Å². The second-order valence-corrected chi connectivity index (χ2v) is 2.92. The Balaban J connectivity index is 2.21. The SMILES string of the molecule is Fc1cncc(N=Nc2cncc(F)c2)c1. The van der Waals surface area contributed by atoms with E-state index < -0.39 is 11.6 Å². The summed E-state index contributed by atoms with van der Waals surface area (Å²) in [6, 6.07) is 2.34. The predicted octanol–water partition coefficient (Wildman–Crippen LogP) is 3.17. The van der Waals surface area contributed by atoms with Gasteiger partial charge < -0.3 is 0 Å². The highest BCUT2D eigenvalue weighted by Crippen LogP contribution is 2.17. The van der Waals surface area contributed by atoms with Gasteiger partial charge in [0.15, 0.2) is 0 Å². The molecule has 6 heteroatoms. The van der Waals surface area contributed by atoms with Gasteiger partial charge in [-0.1, -0.05) is 0 Å². The van der Waals surface area contributed by atoms with Crippen molar-refractivity contribution in [3.63, 3.8) is 0 Å². The summed E-state index contributed by atoms with van der Waals surface area (Å²) in [6.07, 6.45) is 4.81. The molecule has 0 aliphatic carbocycles. The molecule has 0 aliphatic heterocycles. The molecule has 2 heterocycles. The highest BCUT2D eigenvalue weighted by molar-refractivity contribution is 5.36.